The van der Waals surface area contributed by atoms with Crippen molar-refractivity contribution in [2.45, 2.75) is 6.42 Å². The highest BCUT2D eigenvalue weighted by Crippen LogP contribution is 2.00. The topological polar surface area (TPSA) is 98.0 Å². The molecule has 1 heterocycles. The molecule has 0 aliphatic carbocycles. The first-order valence-electron chi connectivity index (χ1n) is 4.11. The van der Waals surface area contributed by atoms with Crippen LogP contribution in [0.4, 0.5) is 5.95 Å². The molecule has 6 nitrogen and oxygen atoms in total. The van der Waals surface area contributed by atoms with E-state index in [0.29, 0.717) is 13.0 Å². The third kappa shape index (κ3) is 3.67. The molecule has 0 aliphatic rings. The Bertz CT molecular complexity index is 365. The zero-order valence-electron chi connectivity index (χ0n) is 7.55. The van der Waals surface area contributed by atoms with Crippen molar-refractivity contribution in [1.29, 1.82) is 0 Å². The lowest BCUT2D eigenvalue weighted by molar-refractivity contribution is 0.598. The van der Waals surface area contributed by atoms with Crippen molar-refractivity contribution in [3.8, 4) is 0 Å². The van der Waals surface area contributed by atoms with Crippen LogP contribution < -0.4 is 10.5 Å². The number of nitrogens with zero attached hydrogens (tertiary/aromatic N) is 2. The standard InChI is InChI=1S/C7H12N4O2S/c8-3-1-6-14(12,13)11-7-9-4-2-5-10-7/h2,4-5H,1,3,6,8H2,(H,9,10,11). The molecular weight excluding hydrogens is 204 g/mol. The van der Waals surface area contributed by atoms with Crippen LogP contribution in [0.25, 0.3) is 0 Å². The predicted octanol–water partition coefficient (Wildman–Crippen LogP) is -0.433. The lowest BCUT2D eigenvalue weighted by atomic mass is 10.5. The summed E-state index contributed by atoms with van der Waals surface area (Å²) in [5.74, 6) is 0.0754. The minimum absolute atomic E-state index is 0.0121. The highest BCUT2D eigenvalue weighted by molar-refractivity contribution is 7.92. The quantitative estimate of drug-likeness (QED) is 0.695. The summed E-state index contributed by atoms with van der Waals surface area (Å²) in [5, 5.41) is 0. The maximum atomic E-state index is 11.3. The van der Waals surface area contributed by atoms with Crippen LogP contribution in [0, 0.1) is 0 Å². The van der Waals surface area contributed by atoms with Gasteiger partial charge in [0.05, 0.1) is 5.75 Å². The largest absolute Gasteiger partial charge is 0.330 e. The van der Waals surface area contributed by atoms with E-state index in [2.05, 4.69) is 14.7 Å². The Balaban J connectivity index is 2.60. The average molecular weight is 216 g/mol. The Labute approximate surface area is 82.6 Å². The summed E-state index contributed by atoms with van der Waals surface area (Å²) in [6.07, 6.45) is 3.35. The summed E-state index contributed by atoms with van der Waals surface area (Å²) in [6.45, 7) is 0.344. The van der Waals surface area contributed by atoms with Gasteiger partial charge in [-0.3, -0.25) is 4.72 Å². The van der Waals surface area contributed by atoms with Gasteiger partial charge < -0.3 is 5.73 Å². The molecule has 3 N–H and O–H groups in total. The summed E-state index contributed by atoms with van der Waals surface area (Å²) < 4.78 is 24.9. The number of rotatable bonds is 5. The Kier molecular flexibility index (Phi) is 3.78. The molecule has 0 unspecified atom stereocenters. The predicted molar refractivity (Wildman–Crippen MR) is 53.1 cm³/mol. The van der Waals surface area contributed by atoms with Gasteiger partial charge in [-0.1, -0.05) is 0 Å². The van der Waals surface area contributed by atoms with Crippen molar-refractivity contribution in [2.75, 3.05) is 17.0 Å². The van der Waals surface area contributed by atoms with Crippen LogP contribution in [-0.2, 0) is 10.0 Å². The van der Waals surface area contributed by atoms with Gasteiger partial charge in [0, 0.05) is 12.4 Å². The maximum Gasteiger partial charge on any atom is 0.236 e. The summed E-state index contributed by atoms with van der Waals surface area (Å²) >= 11 is 0. The van der Waals surface area contributed by atoms with Crippen molar-refractivity contribution < 1.29 is 8.42 Å². The minimum Gasteiger partial charge on any atom is -0.330 e. The minimum atomic E-state index is -3.35. The average Bonchev–Trinajstić information content (AvgIpc) is 2.16. The van der Waals surface area contributed by atoms with Gasteiger partial charge in [-0.15, -0.1) is 0 Å². The molecule has 0 aromatic carbocycles. The lowest BCUT2D eigenvalue weighted by Gasteiger charge is -2.04. The summed E-state index contributed by atoms with van der Waals surface area (Å²) in [7, 11) is -3.35. The van der Waals surface area contributed by atoms with Gasteiger partial charge in [0.1, 0.15) is 0 Å². The molecule has 0 saturated heterocycles. The first-order chi connectivity index (χ1) is 6.64. The smallest absolute Gasteiger partial charge is 0.236 e. The second-order valence-electron chi connectivity index (χ2n) is 2.64. The number of nitrogens with one attached hydrogen (secondary N) is 1. The van der Waals surface area contributed by atoms with E-state index in [4.69, 9.17) is 5.73 Å². The van der Waals surface area contributed by atoms with E-state index >= 15 is 0 Å². The first-order valence-corrected chi connectivity index (χ1v) is 5.77. The molecule has 1 rings (SSSR count). The summed E-state index contributed by atoms with van der Waals surface area (Å²) in [5.41, 5.74) is 5.21. The van der Waals surface area contributed by atoms with Crippen molar-refractivity contribution in [3.05, 3.63) is 18.5 Å². The van der Waals surface area contributed by atoms with E-state index in [1.54, 1.807) is 6.07 Å². The van der Waals surface area contributed by atoms with Crippen molar-refractivity contribution in [3.63, 3.8) is 0 Å². The van der Waals surface area contributed by atoms with E-state index < -0.39 is 10.0 Å². The molecule has 0 atom stereocenters. The number of anilines is 1. The van der Waals surface area contributed by atoms with E-state index in [-0.39, 0.29) is 11.7 Å². The molecule has 0 aliphatic heterocycles. The molecule has 78 valence electrons. The van der Waals surface area contributed by atoms with E-state index in [0.717, 1.165) is 0 Å². The summed E-state index contributed by atoms with van der Waals surface area (Å²) in [4.78, 5) is 7.48. The van der Waals surface area contributed by atoms with E-state index in [1.807, 2.05) is 0 Å². The molecule has 0 amide bonds. The molecule has 0 fully saturated rings. The second kappa shape index (κ2) is 4.87. The van der Waals surface area contributed by atoms with Crippen molar-refractivity contribution >= 4 is 16.0 Å². The van der Waals surface area contributed by atoms with Crippen LogP contribution in [0.15, 0.2) is 18.5 Å². The molecular formula is C7H12N4O2S. The zero-order valence-corrected chi connectivity index (χ0v) is 8.37. The highest BCUT2D eigenvalue weighted by atomic mass is 32.2. The van der Waals surface area contributed by atoms with Crippen LogP contribution in [-0.4, -0.2) is 30.7 Å². The number of aromatic nitrogens is 2. The van der Waals surface area contributed by atoms with Crippen LogP contribution >= 0.6 is 0 Å². The fraction of sp³-hybridized carbons (Fsp3) is 0.429. The van der Waals surface area contributed by atoms with Crippen LogP contribution in [0.5, 0.6) is 0 Å². The van der Waals surface area contributed by atoms with Crippen LogP contribution in [0.3, 0.4) is 0 Å². The van der Waals surface area contributed by atoms with Crippen LogP contribution in [0.1, 0.15) is 6.42 Å². The zero-order chi connectivity index (χ0) is 10.4. The van der Waals surface area contributed by atoms with Gasteiger partial charge in [0.2, 0.25) is 16.0 Å². The molecule has 14 heavy (non-hydrogen) atoms. The Hall–Kier alpha value is -1.21. The number of sulfonamides is 1. The molecule has 0 saturated carbocycles. The van der Waals surface area contributed by atoms with Crippen molar-refractivity contribution in [2.24, 2.45) is 5.73 Å². The van der Waals surface area contributed by atoms with Gasteiger partial charge in [-0.2, -0.15) is 0 Å². The number of hydrogen-bond donors (Lipinski definition) is 2. The lowest BCUT2D eigenvalue weighted by Crippen LogP contribution is -2.20. The number of hydrogen-bond acceptors (Lipinski definition) is 5. The van der Waals surface area contributed by atoms with Crippen LogP contribution in [0.2, 0.25) is 0 Å². The van der Waals surface area contributed by atoms with Crippen molar-refractivity contribution in [1.82, 2.24) is 9.97 Å². The summed E-state index contributed by atoms with van der Waals surface area (Å²) in [6, 6.07) is 1.61. The Morgan fingerprint density at radius 3 is 2.57 bits per heavy atom. The van der Waals surface area contributed by atoms with Gasteiger partial charge in [0.25, 0.3) is 0 Å². The second-order valence-corrected chi connectivity index (χ2v) is 4.48. The van der Waals surface area contributed by atoms with E-state index in [1.165, 1.54) is 12.4 Å². The maximum absolute atomic E-state index is 11.3. The third-order valence-corrected chi connectivity index (χ3v) is 2.75. The molecule has 7 heteroatoms. The van der Waals surface area contributed by atoms with Gasteiger partial charge >= 0.3 is 0 Å². The van der Waals surface area contributed by atoms with Gasteiger partial charge in [0.15, 0.2) is 0 Å². The third-order valence-electron chi connectivity index (χ3n) is 1.43. The fourth-order valence-electron chi connectivity index (χ4n) is 0.815. The molecule has 1 aromatic heterocycles. The van der Waals surface area contributed by atoms with Gasteiger partial charge in [-0.25, -0.2) is 18.4 Å². The monoisotopic (exact) mass is 216 g/mol. The van der Waals surface area contributed by atoms with Gasteiger partial charge in [-0.05, 0) is 19.0 Å². The Morgan fingerprint density at radius 1 is 1.36 bits per heavy atom. The normalized spacial score (nSPS) is 11.2. The SMILES string of the molecule is NCCCS(=O)(=O)Nc1ncccn1. The molecule has 1 aromatic rings. The Morgan fingerprint density at radius 2 is 2.00 bits per heavy atom. The first kappa shape index (κ1) is 10.9. The number of nitrogens with two attached hydrogens (primary N) is 1. The van der Waals surface area contributed by atoms with E-state index in [9.17, 15) is 8.42 Å². The highest BCUT2D eigenvalue weighted by Gasteiger charge is 2.10. The molecule has 0 radical (unpaired) electrons. The molecule has 0 bridgehead atoms. The fourth-order valence-corrected chi connectivity index (χ4v) is 1.85. The molecule has 0 spiro atoms.